The van der Waals surface area contributed by atoms with E-state index in [1.165, 1.54) is 23.1 Å². The van der Waals surface area contributed by atoms with Crippen LogP contribution in [0.1, 0.15) is 61.4 Å². The zero-order chi connectivity index (χ0) is 50.3. The molecule has 1 amide bonds. The Kier molecular flexibility index (Phi) is 18.6. The molecule has 2 aliphatic heterocycles. The van der Waals surface area contributed by atoms with Crippen molar-refractivity contribution in [2.45, 2.75) is 79.1 Å². The summed E-state index contributed by atoms with van der Waals surface area (Å²) >= 11 is 26.3. The van der Waals surface area contributed by atoms with E-state index in [0.717, 1.165) is 119 Å². The van der Waals surface area contributed by atoms with E-state index in [4.69, 9.17) is 40.1 Å². The molecule has 0 radical (unpaired) electrons. The Morgan fingerprint density at radius 3 is 1.80 bits per heavy atom. The Hall–Kier alpha value is -3.17. The first kappa shape index (κ1) is 54.1. The number of nitrogens with zero attached hydrogens (tertiary/aromatic N) is 4. The van der Waals surface area contributed by atoms with Crippen LogP contribution in [0.25, 0.3) is 32.6 Å². The lowest BCUT2D eigenvalue weighted by molar-refractivity contribution is -0.668. The van der Waals surface area contributed by atoms with Crippen LogP contribution < -0.4 is 24.3 Å². The zero-order valence-electron chi connectivity index (χ0n) is 37.7. The first-order valence-corrected chi connectivity index (χ1v) is 30.7. The Bertz CT molecular complexity index is 3230. The standard InChI is InChI=1S/C46H46Cl3N5O10S7/c47-30-9-13-38-34(23-30)51(43(65-38)27-44-52(19-7-21-70(57,58)59)35-24-31(48)10-14-39(35)66-44)18-6-4-2-1-3-5-17-50-42(55)29-54-37-26-33(69-64-63-56)12-16-41(37)68-46(54)28-45-53(20-8-22-71(60,61)62)36-25-32(49)11-15-40(36)67-45/h9-16,23-28H,1-8,17-22,29H2,(H2-2,50,55,56,57,58,59,60,61,62)/p+2. The normalized spacial score (nSPS) is 15.0. The molecule has 71 heavy (non-hydrogen) atoms. The van der Waals surface area contributed by atoms with E-state index in [1.807, 2.05) is 82.3 Å². The van der Waals surface area contributed by atoms with Crippen molar-refractivity contribution in [2.75, 3.05) is 40.9 Å². The summed E-state index contributed by atoms with van der Waals surface area (Å²) in [6.45, 7) is 1.97. The number of thiazole rings is 2. The Labute approximate surface area is 447 Å². The predicted molar refractivity (Wildman–Crippen MR) is 288 cm³/mol. The summed E-state index contributed by atoms with van der Waals surface area (Å²) in [5.41, 5.74) is 3.51. The van der Waals surface area contributed by atoms with Crippen LogP contribution in [0.2, 0.25) is 15.1 Å². The molecule has 0 unspecified atom stereocenters. The third-order valence-corrected chi connectivity index (χ3v) is 18.8. The molecule has 0 aliphatic carbocycles. The van der Waals surface area contributed by atoms with Gasteiger partial charge >= 0.3 is 0 Å². The van der Waals surface area contributed by atoms with Crippen molar-refractivity contribution in [3.05, 3.63) is 108 Å². The molecule has 15 nitrogen and oxygen atoms in total. The molecule has 0 saturated carbocycles. The summed E-state index contributed by atoms with van der Waals surface area (Å²) in [4.78, 5) is 20.5. The van der Waals surface area contributed by atoms with Crippen LogP contribution in [0, 0.1) is 0 Å². The van der Waals surface area contributed by atoms with Crippen molar-refractivity contribution in [1.29, 1.82) is 0 Å². The number of aryl methyl sites for hydroxylation is 1. The largest absolute Gasteiger partial charge is 0.351 e. The first-order valence-electron chi connectivity index (χ1n) is 22.4. The maximum absolute atomic E-state index is 13.6. The lowest BCUT2D eigenvalue weighted by Crippen LogP contribution is -2.44. The highest BCUT2D eigenvalue weighted by molar-refractivity contribution is 8.04. The van der Waals surface area contributed by atoms with Crippen molar-refractivity contribution in [3.63, 3.8) is 0 Å². The number of unbranched alkanes of at least 4 members (excludes halogenated alkanes) is 5. The number of anilines is 2. The van der Waals surface area contributed by atoms with Gasteiger partial charge in [-0.2, -0.15) is 26.0 Å². The number of carbonyl (C=O) groups is 1. The predicted octanol–water partition coefficient (Wildman–Crippen LogP) is 11.6. The monoisotopic (exact) mass is 1160 g/mol. The smallest absolute Gasteiger partial charge is 0.286 e. The number of hydrogen-bond donors (Lipinski definition) is 4. The van der Waals surface area contributed by atoms with E-state index in [0.29, 0.717) is 39.6 Å². The average molecular weight is 1160 g/mol. The number of benzene rings is 4. The van der Waals surface area contributed by atoms with Gasteiger partial charge in [-0.05, 0) is 79.9 Å². The molecule has 2 aromatic heterocycles. The maximum Gasteiger partial charge on any atom is 0.286 e. The highest BCUT2D eigenvalue weighted by Crippen LogP contribution is 2.49. The lowest BCUT2D eigenvalue weighted by Gasteiger charge is -2.20. The second-order valence-corrected chi connectivity index (χ2v) is 26.0. The summed E-state index contributed by atoms with van der Waals surface area (Å²) in [5.74, 6) is -0.911. The zero-order valence-corrected chi connectivity index (χ0v) is 45.7. The minimum Gasteiger partial charge on any atom is -0.351 e. The van der Waals surface area contributed by atoms with Gasteiger partial charge in [-0.3, -0.25) is 13.9 Å². The molecule has 8 rings (SSSR count). The van der Waals surface area contributed by atoms with Crippen LogP contribution in [0.15, 0.2) is 97.5 Å². The Balaban J connectivity index is 0.874. The summed E-state index contributed by atoms with van der Waals surface area (Å²) in [5, 5.41) is 21.0. The topological polar surface area (TPSA) is 191 Å². The van der Waals surface area contributed by atoms with Crippen molar-refractivity contribution in [3.8, 4) is 0 Å². The van der Waals surface area contributed by atoms with Gasteiger partial charge in [0, 0.05) is 67.9 Å². The molecule has 0 saturated heterocycles. The third-order valence-electron chi connectivity index (χ3n) is 11.4. The van der Waals surface area contributed by atoms with Crippen LogP contribution in [0.3, 0.4) is 0 Å². The number of hydrogen-bond acceptors (Lipinski definition) is 15. The minimum atomic E-state index is -4.16. The number of nitrogens with one attached hydrogen (secondary N) is 1. The summed E-state index contributed by atoms with van der Waals surface area (Å²) in [6.07, 6.45) is 10.2. The summed E-state index contributed by atoms with van der Waals surface area (Å²) in [7, 11) is -8.27. The number of rotatable bonds is 24. The fourth-order valence-electron chi connectivity index (χ4n) is 8.25. The summed E-state index contributed by atoms with van der Waals surface area (Å²) < 4.78 is 75.7. The molecule has 0 fully saturated rings. The van der Waals surface area contributed by atoms with Crippen LogP contribution in [-0.2, 0) is 47.5 Å². The molecule has 25 heteroatoms. The number of fused-ring (bicyclic) bond motifs is 4. The molecular weight excluding hydrogens is 1110 g/mol. The van der Waals surface area contributed by atoms with Crippen LogP contribution in [0.4, 0.5) is 11.4 Å². The second-order valence-electron chi connectivity index (χ2n) is 16.5. The number of aromatic nitrogens is 2. The van der Waals surface area contributed by atoms with Gasteiger partial charge in [-0.25, -0.2) is 5.26 Å². The highest BCUT2D eigenvalue weighted by atomic mass is 35.5. The molecule has 4 aromatic carbocycles. The van der Waals surface area contributed by atoms with Crippen molar-refractivity contribution >= 4 is 163 Å². The molecule has 0 spiro atoms. The van der Waals surface area contributed by atoms with Crippen LogP contribution >= 0.6 is 93.0 Å². The van der Waals surface area contributed by atoms with Crippen LogP contribution in [0.5, 0.6) is 0 Å². The fraction of sp³-hybridized carbons (Fsp3) is 0.326. The highest BCUT2D eigenvalue weighted by Gasteiger charge is 2.31. The second kappa shape index (κ2) is 24.5. The van der Waals surface area contributed by atoms with E-state index in [-0.39, 0.29) is 31.0 Å². The first-order chi connectivity index (χ1) is 34.0. The molecule has 0 bridgehead atoms. The van der Waals surface area contributed by atoms with Gasteiger partial charge in [0.1, 0.15) is 9.40 Å². The maximum atomic E-state index is 13.6. The van der Waals surface area contributed by atoms with Gasteiger partial charge in [0.2, 0.25) is 17.6 Å². The number of amides is 1. The van der Waals surface area contributed by atoms with Gasteiger partial charge in [-0.1, -0.05) is 112 Å². The molecule has 6 aromatic rings. The van der Waals surface area contributed by atoms with Gasteiger partial charge in [0.05, 0.1) is 57.1 Å². The fourth-order valence-corrected chi connectivity index (χ4v) is 14.7. The van der Waals surface area contributed by atoms with Gasteiger partial charge < -0.3 is 15.1 Å². The van der Waals surface area contributed by atoms with E-state index >= 15 is 0 Å². The van der Waals surface area contributed by atoms with Gasteiger partial charge in [0.15, 0.2) is 6.54 Å². The van der Waals surface area contributed by atoms with Crippen molar-refractivity contribution < 1.29 is 54.5 Å². The van der Waals surface area contributed by atoms with Gasteiger partial charge in [0.25, 0.3) is 36.2 Å². The molecule has 378 valence electrons. The lowest BCUT2D eigenvalue weighted by atomic mass is 10.1. The Morgan fingerprint density at radius 1 is 0.662 bits per heavy atom. The van der Waals surface area contributed by atoms with E-state index in [9.17, 15) is 30.7 Å². The van der Waals surface area contributed by atoms with E-state index in [2.05, 4.69) is 30.2 Å². The van der Waals surface area contributed by atoms with Crippen molar-refractivity contribution in [1.82, 2.24) is 5.32 Å². The minimum absolute atomic E-state index is 0.0155. The molecule has 4 N–H and O–H groups in total. The number of halogens is 3. The third kappa shape index (κ3) is 14.6. The molecule has 4 heterocycles. The average Bonchev–Trinajstić information content (AvgIpc) is 4.04. The SMILES string of the molecule is O=C(C[n+]1c(C=C2Sc3ccc(Cl)cc3N2CCCS(=O)(=O)O)sc2ccc(SOOO)cc21)NCCCCCCCCN1C(=Cc2sc3ccc(Cl)cc3[n+]2CCCS(=O)(=O)O)Sc2ccc(Cl)cc21. The van der Waals surface area contributed by atoms with E-state index < -0.39 is 26.0 Å². The molecule has 2 aliphatic rings. The van der Waals surface area contributed by atoms with Gasteiger partial charge in [-0.15, -0.1) is 4.33 Å². The Morgan fingerprint density at radius 2 is 1.18 bits per heavy atom. The van der Waals surface area contributed by atoms with Crippen molar-refractivity contribution in [2.24, 2.45) is 0 Å². The molecular formula is C46H48Cl3N5O10S7+2. The van der Waals surface area contributed by atoms with Crippen LogP contribution in [-0.4, -0.2) is 68.2 Å². The number of thioether (sulfide) groups is 2. The number of carbonyl (C=O) groups excluding carboxylic acids is 1. The van der Waals surface area contributed by atoms with E-state index in [1.54, 1.807) is 29.2 Å². The molecule has 0 atom stereocenters. The quantitative estimate of drug-likeness (QED) is 0.0112. The summed E-state index contributed by atoms with van der Waals surface area (Å²) in [6, 6.07) is 22.6.